The third-order valence-electron chi connectivity index (χ3n) is 7.25. The number of anilines is 1. The molecule has 1 aliphatic carbocycles. The Kier molecular flexibility index (Phi) is 6.47. The van der Waals surface area contributed by atoms with Crippen LogP contribution in [0, 0.1) is 5.92 Å². The van der Waals surface area contributed by atoms with E-state index in [1.807, 2.05) is 35.3 Å². The Balaban J connectivity index is 1.15. The zero-order chi connectivity index (χ0) is 24.3. The molecule has 0 radical (unpaired) electrons. The fourth-order valence-electron chi connectivity index (χ4n) is 4.98. The summed E-state index contributed by atoms with van der Waals surface area (Å²) < 4.78 is 1.95. The Morgan fingerprint density at radius 1 is 0.944 bits per heavy atom. The number of aromatic nitrogens is 5. The van der Waals surface area contributed by atoms with Crippen LogP contribution in [0.4, 0.5) is 5.69 Å². The fourth-order valence-corrected chi connectivity index (χ4v) is 4.98. The Morgan fingerprint density at radius 3 is 2.50 bits per heavy atom. The van der Waals surface area contributed by atoms with Crippen molar-refractivity contribution < 1.29 is 0 Å². The molecule has 0 N–H and O–H groups in total. The van der Waals surface area contributed by atoms with Gasteiger partial charge in [0.1, 0.15) is 11.5 Å². The summed E-state index contributed by atoms with van der Waals surface area (Å²) in [5.41, 5.74) is 6.32. The Bertz CT molecular complexity index is 1290. The second-order valence-electron chi connectivity index (χ2n) is 9.92. The second-order valence-corrected chi connectivity index (χ2v) is 9.92. The molecule has 1 saturated carbocycles. The van der Waals surface area contributed by atoms with E-state index < -0.39 is 0 Å². The SMILES string of the molecule is CCn1cc(-c2ccnc(Cc3ccc(N4CCN(CC5CC5)CC4)cc3)n2)c(-c2cccnc2)n1. The van der Waals surface area contributed by atoms with Gasteiger partial charge in [-0.1, -0.05) is 12.1 Å². The van der Waals surface area contributed by atoms with Gasteiger partial charge < -0.3 is 4.90 Å². The van der Waals surface area contributed by atoms with E-state index in [0.717, 1.165) is 53.9 Å². The highest BCUT2D eigenvalue weighted by Crippen LogP contribution is 2.31. The summed E-state index contributed by atoms with van der Waals surface area (Å²) in [7, 11) is 0. The Morgan fingerprint density at radius 2 is 1.78 bits per heavy atom. The number of hydrogen-bond donors (Lipinski definition) is 0. The van der Waals surface area contributed by atoms with E-state index in [1.54, 1.807) is 6.20 Å². The maximum absolute atomic E-state index is 4.92. The van der Waals surface area contributed by atoms with Crippen molar-refractivity contribution >= 4 is 5.69 Å². The first-order chi connectivity index (χ1) is 17.7. The number of pyridine rings is 1. The van der Waals surface area contributed by atoms with Gasteiger partial charge >= 0.3 is 0 Å². The number of hydrogen-bond acceptors (Lipinski definition) is 6. The monoisotopic (exact) mass is 479 g/mol. The van der Waals surface area contributed by atoms with Crippen molar-refractivity contribution in [3.63, 3.8) is 0 Å². The Hall–Kier alpha value is -3.58. The van der Waals surface area contributed by atoms with Crippen LogP contribution in [0.3, 0.4) is 0 Å². The highest BCUT2D eigenvalue weighted by atomic mass is 15.3. The first kappa shape index (κ1) is 22.9. The van der Waals surface area contributed by atoms with Crippen molar-refractivity contribution in [1.82, 2.24) is 29.6 Å². The van der Waals surface area contributed by atoms with Gasteiger partial charge in [0, 0.05) is 87.3 Å². The molecule has 6 rings (SSSR count). The molecule has 7 nitrogen and oxygen atoms in total. The lowest BCUT2D eigenvalue weighted by Crippen LogP contribution is -2.47. The molecule has 2 aliphatic rings. The van der Waals surface area contributed by atoms with Gasteiger partial charge in [-0.15, -0.1) is 0 Å². The van der Waals surface area contributed by atoms with Gasteiger partial charge in [0.25, 0.3) is 0 Å². The normalized spacial score (nSPS) is 16.4. The van der Waals surface area contributed by atoms with Crippen LogP contribution < -0.4 is 4.90 Å². The number of rotatable bonds is 8. The van der Waals surface area contributed by atoms with Crippen LogP contribution in [0.5, 0.6) is 0 Å². The van der Waals surface area contributed by atoms with Crippen molar-refractivity contribution in [2.75, 3.05) is 37.6 Å². The van der Waals surface area contributed by atoms with E-state index in [0.29, 0.717) is 6.42 Å². The van der Waals surface area contributed by atoms with Crippen LogP contribution in [0.15, 0.2) is 67.3 Å². The van der Waals surface area contributed by atoms with Crippen molar-refractivity contribution in [3.05, 3.63) is 78.6 Å². The van der Waals surface area contributed by atoms with Gasteiger partial charge in [-0.3, -0.25) is 14.6 Å². The second kappa shape index (κ2) is 10.2. The van der Waals surface area contributed by atoms with Crippen molar-refractivity contribution in [2.24, 2.45) is 5.92 Å². The minimum atomic E-state index is 0.702. The van der Waals surface area contributed by atoms with Crippen LogP contribution in [-0.2, 0) is 13.0 Å². The summed E-state index contributed by atoms with van der Waals surface area (Å²) in [4.78, 5) is 18.9. The molecule has 184 valence electrons. The van der Waals surface area contributed by atoms with E-state index in [1.165, 1.54) is 43.7 Å². The average molecular weight is 480 g/mol. The summed E-state index contributed by atoms with van der Waals surface area (Å²) in [6.07, 6.45) is 11.1. The fraction of sp³-hybridized carbons (Fsp3) is 0.379. The Labute approximate surface area is 212 Å². The van der Waals surface area contributed by atoms with Gasteiger partial charge in [0.2, 0.25) is 0 Å². The predicted molar refractivity (Wildman–Crippen MR) is 143 cm³/mol. The zero-order valence-electron chi connectivity index (χ0n) is 20.9. The predicted octanol–water partition coefficient (Wildman–Crippen LogP) is 4.54. The zero-order valence-corrected chi connectivity index (χ0v) is 20.9. The maximum atomic E-state index is 4.92. The molecule has 0 atom stereocenters. The number of benzene rings is 1. The van der Waals surface area contributed by atoms with Gasteiger partial charge in [-0.05, 0) is 61.6 Å². The third-order valence-corrected chi connectivity index (χ3v) is 7.25. The van der Waals surface area contributed by atoms with E-state index in [-0.39, 0.29) is 0 Å². The first-order valence-corrected chi connectivity index (χ1v) is 13.1. The van der Waals surface area contributed by atoms with Gasteiger partial charge in [-0.25, -0.2) is 9.97 Å². The summed E-state index contributed by atoms with van der Waals surface area (Å²) in [5, 5.41) is 4.77. The molecule has 1 aromatic carbocycles. The summed E-state index contributed by atoms with van der Waals surface area (Å²) >= 11 is 0. The van der Waals surface area contributed by atoms with Crippen LogP contribution >= 0.6 is 0 Å². The molecule has 1 saturated heterocycles. The molecule has 0 unspecified atom stereocenters. The summed E-state index contributed by atoms with van der Waals surface area (Å²) in [6, 6.07) is 14.9. The lowest BCUT2D eigenvalue weighted by Gasteiger charge is -2.36. The molecular formula is C29H33N7. The molecule has 0 amide bonds. The minimum absolute atomic E-state index is 0.702. The van der Waals surface area contributed by atoms with E-state index in [9.17, 15) is 0 Å². The highest BCUT2D eigenvalue weighted by Gasteiger charge is 2.26. The molecule has 3 aromatic heterocycles. The van der Waals surface area contributed by atoms with Gasteiger partial charge in [0.05, 0.1) is 5.69 Å². The molecule has 4 aromatic rings. The van der Waals surface area contributed by atoms with Crippen LogP contribution in [0.25, 0.3) is 22.5 Å². The largest absolute Gasteiger partial charge is 0.369 e. The van der Waals surface area contributed by atoms with Crippen molar-refractivity contribution in [2.45, 2.75) is 32.7 Å². The quantitative estimate of drug-likeness (QED) is 0.370. The van der Waals surface area contributed by atoms with Crippen LogP contribution in [0.1, 0.15) is 31.2 Å². The first-order valence-electron chi connectivity index (χ1n) is 13.1. The highest BCUT2D eigenvalue weighted by molar-refractivity contribution is 5.78. The molecule has 0 bridgehead atoms. The number of piperazine rings is 1. The molecule has 7 heteroatoms. The molecular weight excluding hydrogens is 446 g/mol. The van der Waals surface area contributed by atoms with E-state index >= 15 is 0 Å². The topological polar surface area (TPSA) is 63.0 Å². The molecule has 36 heavy (non-hydrogen) atoms. The van der Waals surface area contributed by atoms with Gasteiger partial charge in [0.15, 0.2) is 0 Å². The lowest BCUT2D eigenvalue weighted by atomic mass is 10.1. The average Bonchev–Trinajstić information content (AvgIpc) is 3.64. The summed E-state index contributed by atoms with van der Waals surface area (Å²) in [6.45, 7) is 8.77. The smallest absolute Gasteiger partial charge is 0.133 e. The number of nitrogens with zero attached hydrogens (tertiary/aromatic N) is 7. The van der Waals surface area contributed by atoms with Gasteiger partial charge in [-0.2, -0.15) is 5.10 Å². The third kappa shape index (κ3) is 5.16. The molecule has 0 spiro atoms. The van der Waals surface area contributed by atoms with Crippen LogP contribution in [0.2, 0.25) is 0 Å². The lowest BCUT2D eigenvalue weighted by molar-refractivity contribution is 0.248. The molecule has 1 aliphatic heterocycles. The van der Waals surface area contributed by atoms with Crippen molar-refractivity contribution in [3.8, 4) is 22.5 Å². The van der Waals surface area contributed by atoms with E-state index in [2.05, 4.69) is 57.2 Å². The molecule has 4 heterocycles. The summed E-state index contributed by atoms with van der Waals surface area (Å²) in [5.74, 6) is 1.79. The number of aryl methyl sites for hydroxylation is 1. The standard InChI is InChI=1S/C29H33N7/c1-2-36-21-26(29(33-36)24-4-3-12-30-19-24)27-11-13-31-28(32-27)18-22-7-9-25(10-8-22)35-16-14-34(15-17-35)20-23-5-6-23/h3-4,7-13,19,21,23H,2,5-6,14-18,20H2,1H3. The van der Waals surface area contributed by atoms with Crippen LogP contribution in [-0.4, -0.2) is 62.4 Å². The maximum Gasteiger partial charge on any atom is 0.133 e. The van der Waals surface area contributed by atoms with E-state index in [4.69, 9.17) is 10.1 Å². The minimum Gasteiger partial charge on any atom is -0.369 e. The molecule has 2 fully saturated rings. The van der Waals surface area contributed by atoms with Crippen molar-refractivity contribution in [1.29, 1.82) is 0 Å².